The van der Waals surface area contributed by atoms with E-state index in [0.717, 1.165) is 63.9 Å². The molecule has 42 heavy (non-hydrogen) atoms. The maximum atomic E-state index is 5.09. The third-order valence-electron chi connectivity index (χ3n) is 7.94. The van der Waals surface area contributed by atoms with Crippen molar-refractivity contribution < 1.29 is 0 Å². The zero-order valence-electron chi connectivity index (χ0n) is 22.9. The summed E-state index contributed by atoms with van der Waals surface area (Å²) in [6.45, 7) is 0. The van der Waals surface area contributed by atoms with Crippen LogP contribution in [0.5, 0.6) is 0 Å². The summed E-state index contributed by atoms with van der Waals surface area (Å²) >= 11 is 0. The highest BCUT2D eigenvalue weighted by Crippen LogP contribution is 2.36. The van der Waals surface area contributed by atoms with E-state index in [4.69, 9.17) is 15.2 Å². The average Bonchev–Trinajstić information content (AvgIpc) is 3.65. The maximum absolute atomic E-state index is 5.09. The first-order valence-electron chi connectivity index (χ1n) is 14.3. The molecule has 1 aliphatic rings. The molecule has 5 nitrogen and oxygen atoms in total. The second-order valence-corrected chi connectivity index (χ2v) is 10.5. The fourth-order valence-electron chi connectivity index (χ4n) is 6.00. The van der Waals surface area contributed by atoms with E-state index in [-0.39, 0.29) is 0 Å². The van der Waals surface area contributed by atoms with Crippen LogP contribution in [-0.4, -0.2) is 24.3 Å². The van der Waals surface area contributed by atoms with Gasteiger partial charge in [-0.2, -0.15) is 0 Å². The van der Waals surface area contributed by atoms with E-state index < -0.39 is 0 Å². The van der Waals surface area contributed by atoms with Gasteiger partial charge in [0.15, 0.2) is 5.82 Å². The van der Waals surface area contributed by atoms with Crippen LogP contribution in [-0.2, 0) is 6.42 Å². The highest BCUT2D eigenvalue weighted by Gasteiger charge is 2.25. The minimum absolute atomic E-state index is 0.763. The van der Waals surface area contributed by atoms with E-state index in [1.165, 1.54) is 16.6 Å². The van der Waals surface area contributed by atoms with Crippen LogP contribution in [0.15, 0.2) is 133 Å². The number of para-hydroxylation sites is 2. The lowest BCUT2D eigenvalue weighted by molar-refractivity contribution is 0.886. The average molecular weight is 542 g/mol. The van der Waals surface area contributed by atoms with Crippen molar-refractivity contribution in [1.82, 2.24) is 24.3 Å². The van der Waals surface area contributed by atoms with Crippen molar-refractivity contribution >= 4 is 17.0 Å². The molecule has 0 bridgehead atoms. The summed E-state index contributed by atoms with van der Waals surface area (Å²) in [5.41, 5.74) is 9.50. The van der Waals surface area contributed by atoms with Crippen LogP contribution in [0.2, 0.25) is 0 Å². The van der Waals surface area contributed by atoms with E-state index in [9.17, 15) is 0 Å². The molecule has 0 amide bonds. The SMILES string of the molecule is C1=Cc2c(c3ccccc3n2-c2nnc(-c3cc(-c4ccccc4)nc(-c4ccccc4)c3)n2-c2ccccc2)CC1. The summed E-state index contributed by atoms with van der Waals surface area (Å²) in [7, 11) is 0. The summed E-state index contributed by atoms with van der Waals surface area (Å²) in [4.78, 5) is 5.09. The van der Waals surface area contributed by atoms with Gasteiger partial charge in [0.1, 0.15) is 0 Å². The third-order valence-corrected chi connectivity index (χ3v) is 7.94. The molecule has 7 aromatic rings. The molecule has 0 unspecified atom stereocenters. The number of nitrogens with zero attached hydrogens (tertiary/aromatic N) is 5. The van der Waals surface area contributed by atoms with Gasteiger partial charge in [0, 0.05) is 22.1 Å². The molecule has 5 heteroatoms. The molecule has 0 spiro atoms. The first-order chi connectivity index (χ1) is 20.8. The summed E-state index contributed by atoms with van der Waals surface area (Å²) in [6, 6.07) is 43.9. The molecule has 3 heterocycles. The van der Waals surface area contributed by atoms with Crippen molar-refractivity contribution in [3.05, 3.63) is 145 Å². The molecule has 0 N–H and O–H groups in total. The lowest BCUT2D eigenvalue weighted by atomic mass is 10.0. The van der Waals surface area contributed by atoms with Gasteiger partial charge in [-0.05, 0) is 54.8 Å². The smallest absolute Gasteiger partial charge is 0.241 e. The Bertz CT molecular complexity index is 2010. The number of fused-ring (bicyclic) bond motifs is 3. The van der Waals surface area contributed by atoms with Crippen LogP contribution in [0.25, 0.3) is 62.5 Å². The minimum atomic E-state index is 0.763. The van der Waals surface area contributed by atoms with Crippen molar-refractivity contribution in [2.45, 2.75) is 12.8 Å². The number of allylic oxidation sites excluding steroid dienone is 1. The number of pyridine rings is 1. The van der Waals surface area contributed by atoms with Crippen molar-refractivity contribution in [3.63, 3.8) is 0 Å². The van der Waals surface area contributed by atoms with Gasteiger partial charge in [-0.3, -0.25) is 9.13 Å². The first kappa shape index (κ1) is 24.3. The predicted molar refractivity (Wildman–Crippen MR) is 170 cm³/mol. The Balaban J connectivity index is 1.42. The number of aromatic nitrogens is 5. The fraction of sp³-hybridized carbons (Fsp3) is 0.0541. The molecular weight excluding hydrogens is 514 g/mol. The quantitative estimate of drug-likeness (QED) is 0.219. The third kappa shape index (κ3) is 4.06. The van der Waals surface area contributed by atoms with Gasteiger partial charge in [-0.25, -0.2) is 4.98 Å². The Hall–Kier alpha value is -5.55. The Morgan fingerprint density at radius 1 is 0.571 bits per heavy atom. The van der Waals surface area contributed by atoms with Gasteiger partial charge in [-0.15, -0.1) is 10.2 Å². The Kier molecular flexibility index (Phi) is 5.85. The van der Waals surface area contributed by atoms with Crippen LogP contribution in [0.4, 0.5) is 0 Å². The van der Waals surface area contributed by atoms with Gasteiger partial charge < -0.3 is 0 Å². The fourth-order valence-corrected chi connectivity index (χ4v) is 6.00. The molecule has 0 saturated heterocycles. The molecule has 0 atom stereocenters. The summed E-state index contributed by atoms with van der Waals surface area (Å²) in [5, 5.41) is 11.0. The molecule has 0 radical (unpaired) electrons. The van der Waals surface area contributed by atoms with Gasteiger partial charge >= 0.3 is 0 Å². The zero-order chi connectivity index (χ0) is 27.9. The molecule has 0 aliphatic heterocycles. The van der Waals surface area contributed by atoms with Gasteiger partial charge in [0.2, 0.25) is 5.95 Å². The van der Waals surface area contributed by atoms with Crippen LogP contribution in [0.3, 0.4) is 0 Å². The molecule has 1 aliphatic carbocycles. The van der Waals surface area contributed by atoms with Crippen molar-refractivity contribution in [3.8, 4) is 45.5 Å². The van der Waals surface area contributed by atoms with E-state index in [0.29, 0.717) is 0 Å². The molecule has 4 aromatic carbocycles. The maximum Gasteiger partial charge on any atom is 0.241 e. The summed E-state index contributed by atoms with van der Waals surface area (Å²) in [5.74, 6) is 1.53. The lowest BCUT2D eigenvalue weighted by Crippen LogP contribution is -2.09. The van der Waals surface area contributed by atoms with Gasteiger partial charge in [0.25, 0.3) is 0 Å². The Labute approximate surface area is 244 Å². The van der Waals surface area contributed by atoms with Crippen LogP contribution < -0.4 is 0 Å². The normalized spacial score (nSPS) is 12.5. The number of aryl methyl sites for hydroxylation is 1. The first-order valence-corrected chi connectivity index (χ1v) is 14.3. The van der Waals surface area contributed by atoms with Gasteiger partial charge in [0.05, 0.1) is 28.3 Å². The topological polar surface area (TPSA) is 48.5 Å². The molecule has 8 rings (SSSR count). The second kappa shape index (κ2) is 10.1. The standard InChI is InChI=1S/C37H27N5/c1-4-14-26(15-5-1)32-24-28(25-33(38-32)27-16-6-2-7-17-27)36-39-40-37(41(36)29-18-8-3-9-19-29)42-34-22-12-10-20-30(34)31-21-11-13-23-35(31)42/h1-10,12-20,22-25H,11,21H2. The second-order valence-electron chi connectivity index (χ2n) is 10.5. The van der Waals surface area contributed by atoms with E-state index in [2.05, 4.69) is 106 Å². The van der Waals surface area contributed by atoms with Crippen LogP contribution >= 0.6 is 0 Å². The zero-order valence-corrected chi connectivity index (χ0v) is 22.9. The van der Waals surface area contributed by atoms with E-state index in [1.807, 2.05) is 42.5 Å². The summed E-state index contributed by atoms with van der Waals surface area (Å²) in [6.07, 6.45) is 6.54. The number of benzene rings is 4. The minimum Gasteiger partial charge on any atom is -0.278 e. The van der Waals surface area contributed by atoms with Crippen LogP contribution in [0.1, 0.15) is 17.7 Å². The molecule has 0 fully saturated rings. The Morgan fingerprint density at radius 2 is 1.19 bits per heavy atom. The largest absolute Gasteiger partial charge is 0.278 e. The van der Waals surface area contributed by atoms with E-state index in [1.54, 1.807) is 0 Å². The number of hydrogen-bond acceptors (Lipinski definition) is 3. The summed E-state index contributed by atoms with van der Waals surface area (Å²) < 4.78 is 4.44. The van der Waals surface area contributed by atoms with Crippen LogP contribution in [0, 0.1) is 0 Å². The number of rotatable bonds is 5. The van der Waals surface area contributed by atoms with E-state index >= 15 is 0 Å². The van der Waals surface area contributed by atoms with Crippen molar-refractivity contribution in [2.24, 2.45) is 0 Å². The lowest BCUT2D eigenvalue weighted by Gasteiger charge is -2.15. The van der Waals surface area contributed by atoms with Crippen molar-refractivity contribution in [1.29, 1.82) is 0 Å². The molecule has 3 aromatic heterocycles. The monoisotopic (exact) mass is 541 g/mol. The molecular formula is C37H27N5. The predicted octanol–water partition coefficient (Wildman–Crippen LogP) is 8.57. The van der Waals surface area contributed by atoms with Crippen molar-refractivity contribution in [2.75, 3.05) is 0 Å². The molecule has 0 saturated carbocycles. The highest BCUT2D eigenvalue weighted by atomic mass is 15.4. The Morgan fingerprint density at radius 3 is 1.88 bits per heavy atom. The highest BCUT2D eigenvalue weighted by molar-refractivity contribution is 5.90. The number of hydrogen-bond donors (Lipinski definition) is 0. The van der Waals surface area contributed by atoms with Gasteiger partial charge in [-0.1, -0.05) is 103 Å². The molecule has 200 valence electrons.